The third-order valence-electron chi connectivity index (χ3n) is 0.815. The van der Waals surface area contributed by atoms with E-state index in [1.54, 1.807) is 0 Å². The molecule has 0 rings (SSSR count). The fraction of sp³-hybridized carbons (Fsp3) is 1.00. The summed E-state index contributed by atoms with van der Waals surface area (Å²) in [6, 6.07) is 0. The Bertz CT molecular complexity index is 161. The molecule has 0 heterocycles. The first kappa shape index (κ1) is 13.5. The zero-order valence-corrected chi connectivity index (χ0v) is 9.11. The maximum Gasteiger partial charge on any atom is 1.00 e. The largest absolute Gasteiger partial charge is 1.00 e. The molecule has 0 atom stereocenters. The molecule has 0 fully saturated rings. The average Bonchev–Trinajstić information content (AvgIpc) is 1.63. The number of hydrogen-bond donors (Lipinski definition) is 2. The molecule has 4 nitrogen and oxygen atoms in total. The van der Waals surface area contributed by atoms with Crippen LogP contribution in [0.3, 0.4) is 0 Å². The third kappa shape index (κ3) is 11.6. The van der Waals surface area contributed by atoms with Crippen LogP contribution < -0.4 is 34.3 Å². The van der Waals surface area contributed by atoms with Crippen LogP contribution in [-0.2, 0) is 10.3 Å². The van der Waals surface area contributed by atoms with E-state index < -0.39 is 10.3 Å². The van der Waals surface area contributed by atoms with Crippen LogP contribution >= 0.6 is 0 Å². The van der Waals surface area contributed by atoms with Gasteiger partial charge in [-0.3, -0.25) is 4.55 Å². The Balaban J connectivity index is -0.000000320. The van der Waals surface area contributed by atoms with E-state index in [1.807, 2.05) is 11.6 Å². The van der Waals surface area contributed by atoms with Crippen molar-refractivity contribution in [2.24, 2.45) is 0 Å². The smallest absolute Gasteiger partial charge is 1.00 e. The molecule has 58 valence electrons. The van der Waals surface area contributed by atoms with Crippen LogP contribution in [0.25, 0.3) is 0 Å². The van der Waals surface area contributed by atoms with Crippen molar-refractivity contribution in [3.05, 3.63) is 0 Å². The van der Waals surface area contributed by atoms with Crippen LogP contribution in [0.15, 0.2) is 0 Å². The van der Waals surface area contributed by atoms with E-state index in [2.05, 4.69) is 0 Å². The van der Waals surface area contributed by atoms with Gasteiger partial charge >= 0.3 is 39.9 Å². The number of unbranched alkanes of at least 4 members (excludes halogenated alkanes) is 1. The predicted octanol–water partition coefficient (Wildman–Crippen LogP) is -2.70. The molecular weight excluding hydrogens is 165 g/mol. The molecule has 0 aromatic rings. The molecule has 10 heavy (non-hydrogen) atoms. The topological polar surface area (TPSA) is 66.4 Å². The molecule has 0 saturated heterocycles. The van der Waals surface area contributed by atoms with Crippen molar-refractivity contribution in [3.63, 3.8) is 0 Å². The second-order valence-corrected chi connectivity index (χ2v) is 2.96. The molecule has 0 radical (unpaired) electrons. The van der Waals surface area contributed by atoms with Gasteiger partial charge in [-0.2, -0.15) is 13.1 Å². The number of rotatable bonds is 4. The van der Waals surface area contributed by atoms with Crippen LogP contribution in [-0.4, -0.2) is 19.5 Å². The first-order valence-electron chi connectivity index (χ1n) is 2.78. The third-order valence-corrected chi connectivity index (χ3v) is 1.38. The molecule has 0 aromatic carbocycles. The molecule has 0 aliphatic rings. The monoisotopic (exact) mass is 177 g/mol. The maximum absolute atomic E-state index is 9.95. The molecule has 0 spiro atoms. The van der Waals surface area contributed by atoms with Gasteiger partial charge in [-0.1, -0.05) is 13.3 Å². The van der Waals surface area contributed by atoms with E-state index >= 15 is 0 Å². The second kappa shape index (κ2) is 6.57. The summed E-state index contributed by atoms with van der Waals surface area (Å²) in [5.74, 6) is 0. The predicted molar refractivity (Wildman–Crippen MR) is 35.6 cm³/mol. The van der Waals surface area contributed by atoms with E-state index in [4.69, 9.17) is 4.55 Å². The molecule has 6 heteroatoms. The minimum Gasteiger partial charge on any atom is -1.00 e. The molecule has 0 aromatic heterocycles. The van der Waals surface area contributed by atoms with E-state index in [9.17, 15) is 8.42 Å². The second-order valence-electron chi connectivity index (χ2n) is 1.72. The molecule has 0 aliphatic heterocycles. The minimum absolute atomic E-state index is 0. The van der Waals surface area contributed by atoms with Gasteiger partial charge in [-0.25, -0.2) is 0 Å². The zero-order valence-electron chi connectivity index (χ0n) is 7.29. The van der Waals surface area contributed by atoms with Gasteiger partial charge in [0.05, 0.1) is 0 Å². The summed E-state index contributed by atoms with van der Waals surface area (Å²) in [7, 11) is -3.95. The summed E-state index contributed by atoms with van der Waals surface area (Å²) in [5.41, 5.74) is 0. The molecular formula is C4H12NNaO3S. The molecule has 0 unspecified atom stereocenters. The van der Waals surface area contributed by atoms with Crippen LogP contribution in [0.5, 0.6) is 0 Å². The van der Waals surface area contributed by atoms with Gasteiger partial charge in [0.1, 0.15) is 0 Å². The summed E-state index contributed by atoms with van der Waals surface area (Å²) >= 11 is 0. The van der Waals surface area contributed by atoms with E-state index in [0.717, 1.165) is 12.8 Å². The SMILES string of the molecule is CCCCNS(=O)(=O)O.[H-].[Na+]. The standard InChI is InChI=1S/C4H11NO3S.Na.H/c1-2-3-4-5-9(6,7)8;;/h5H,2-4H2,1H3,(H,6,7,8);;/q;+1;-1. The van der Waals surface area contributed by atoms with Crippen LogP contribution in [0.1, 0.15) is 21.2 Å². The Kier molecular flexibility index (Phi) is 8.85. The van der Waals surface area contributed by atoms with Gasteiger partial charge in [0.2, 0.25) is 0 Å². The van der Waals surface area contributed by atoms with Crippen molar-refractivity contribution in [2.45, 2.75) is 19.8 Å². The van der Waals surface area contributed by atoms with Crippen molar-refractivity contribution >= 4 is 10.3 Å². The molecule has 0 bridgehead atoms. The normalized spacial score (nSPS) is 10.6. The Morgan fingerprint density at radius 3 is 2.40 bits per heavy atom. The van der Waals surface area contributed by atoms with Gasteiger partial charge < -0.3 is 1.43 Å². The summed E-state index contributed by atoms with van der Waals surface area (Å²) in [6.07, 6.45) is 1.66. The van der Waals surface area contributed by atoms with Gasteiger partial charge in [0, 0.05) is 6.54 Å². The van der Waals surface area contributed by atoms with Gasteiger partial charge in [0.25, 0.3) is 0 Å². The summed E-state index contributed by atoms with van der Waals surface area (Å²) in [4.78, 5) is 0. The van der Waals surface area contributed by atoms with Gasteiger partial charge in [0.15, 0.2) is 0 Å². The maximum atomic E-state index is 9.95. The Morgan fingerprint density at radius 2 is 2.10 bits per heavy atom. The first-order valence-corrected chi connectivity index (χ1v) is 4.22. The summed E-state index contributed by atoms with van der Waals surface area (Å²) in [6.45, 7) is 2.25. The molecule has 0 saturated carbocycles. The quantitative estimate of drug-likeness (QED) is 0.279. The van der Waals surface area contributed by atoms with Gasteiger partial charge in [-0.15, -0.1) is 0 Å². The van der Waals surface area contributed by atoms with Crippen molar-refractivity contribution in [2.75, 3.05) is 6.54 Å². The van der Waals surface area contributed by atoms with E-state index in [1.165, 1.54) is 0 Å². The van der Waals surface area contributed by atoms with Gasteiger partial charge in [-0.05, 0) is 6.42 Å². The minimum atomic E-state index is -3.95. The molecule has 0 aliphatic carbocycles. The number of hydrogen-bond acceptors (Lipinski definition) is 2. The Labute approximate surface area is 85.0 Å². The van der Waals surface area contributed by atoms with E-state index in [-0.39, 0.29) is 31.0 Å². The zero-order chi connectivity index (χ0) is 7.33. The van der Waals surface area contributed by atoms with Crippen molar-refractivity contribution in [3.8, 4) is 0 Å². The average molecular weight is 177 g/mol. The van der Waals surface area contributed by atoms with Crippen LogP contribution in [0.2, 0.25) is 0 Å². The first-order chi connectivity index (χ1) is 4.06. The van der Waals surface area contributed by atoms with Crippen LogP contribution in [0.4, 0.5) is 0 Å². The van der Waals surface area contributed by atoms with E-state index in [0.29, 0.717) is 6.54 Å². The van der Waals surface area contributed by atoms with Crippen molar-refractivity contribution < 1.29 is 44.0 Å². The fourth-order valence-corrected chi connectivity index (χ4v) is 0.780. The van der Waals surface area contributed by atoms with Crippen molar-refractivity contribution in [1.82, 2.24) is 4.72 Å². The summed E-state index contributed by atoms with van der Waals surface area (Å²) in [5, 5.41) is 0. The Hall–Kier alpha value is 0.870. The fourth-order valence-electron chi connectivity index (χ4n) is 0.378. The van der Waals surface area contributed by atoms with Crippen LogP contribution in [0, 0.1) is 0 Å². The summed E-state index contributed by atoms with van der Waals surface area (Å²) < 4.78 is 30.0. The Morgan fingerprint density at radius 1 is 1.60 bits per heavy atom. The molecule has 2 N–H and O–H groups in total. The van der Waals surface area contributed by atoms with Crippen molar-refractivity contribution in [1.29, 1.82) is 0 Å². The number of nitrogens with one attached hydrogen (secondary N) is 1. The molecule has 0 amide bonds.